The maximum absolute atomic E-state index is 14.0. The molecule has 1 aromatic carbocycles. The molecule has 34 heavy (non-hydrogen) atoms. The molecule has 1 aliphatic rings. The average molecular weight is 478 g/mol. The Labute approximate surface area is 201 Å². The van der Waals surface area contributed by atoms with E-state index in [0.717, 1.165) is 77.8 Å². The minimum absolute atomic E-state index is 0.272. The summed E-state index contributed by atoms with van der Waals surface area (Å²) in [6, 6.07) is 14.7. The monoisotopic (exact) mass is 477 g/mol. The first-order valence-electron chi connectivity index (χ1n) is 11.6. The van der Waals surface area contributed by atoms with Gasteiger partial charge in [0.2, 0.25) is 0 Å². The van der Waals surface area contributed by atoms with Crippen LogP contribution in [0.5, 0.6) is 0 Å². The number of aryl methyl sites for hydroxylation is 1. The highest BCUT2D eigenvalue weighted by Gasteiger charge is 2.16. The highest BCUT2D eigenvalue weighted by Crippen LogP contribution is 2.28. The molecule has 5 rings (SSSR count). The van der Waals surface area contributed by atoms with Gasteiger partial charge in [0.1, 0.15) is 17.3 Å². The number of rotatable bonds is 7. The van der Waals surface area contributed by atoms with Gasteiger partial charge in [-0.15, -0.1) is 0 Å². The number of benzene rings is 1. The van der Waals surface area contributed by atoms with E-state index < -0.39 is 10.8 Å². The quantitative estimate of drug-likeness (QED) is 0.431. The molecule has 0 amide bonds. The summed E-state index contributed by atoms with van der Waals surface area (Å²) in [6.07, 6.45) is 5.80. The number of fused-ring (bicyclic) bond motifs is 1. The molecular formula is C26H28FN5OS. The summed E-state index contributed by atoms with van der Waals surface area (Å²) in [5, 5.41) is 4.11. The predicted molar refractivity (Wildman–Crippen MR) is 136 cm³/mol. The number of hydrogen-bond acceptors (Lipinski definition) is 5. The number of hydrogen-bond donors (Lipinski definition) is 1. The van der Waals surface area contributed by atoms with Crippen molar-refractivity contribution in [2.24, 2.45) is 0 Å². The van der Waals surface area contributed by atoms with Crippen molar-refractivity contribution in [2.45, 2.75) is 12.8 Å². The second-order valence-electron chi connectivity index (χ2n) is 8.55. The molecule has 1 fully saturated rings. The number of aromatic nitrogens is 3. The lowest BCUT2D eigenvalue weighted by Gasteiger charge is -2.25. The lowest BCUT2D eigenvalue weighted by molar-refractivity contribution is 0.296. The summed E-state index contributed by atoms with van der Waals surface area (Å²) in [5.74, 6) is 2.08. The van der Waals surface area contributed by atoms with Crippen molar-refractivity contribution in [3.8, 4) is 16.9 Å². The molecule has 6 nitrogen and oxygen atoms in total. The zero-order chi connectivity index (χ0) is 23.5. The van der Waals surface area contributed by atoms with Crippen LogP contribution in [0.25, 0.3) is 28.0 Å². The first-order valence-corrected chi connectivity index (χ1v) is 13.1. The standard InChI is InChI=1S/C26H28FN5OS/c1-28-25-10-7-19(17-29-25)24-9-8-23-20(4-3-11-31-12-14-34(33)15-13-31)18-32(26(23)30-24)22-6-2-5-21(27)16-22/h2,5-10,16-18H,3-4,11-15H2,1H3,(H,28,29). The van der Waals surface area contributed by atoms with Crippen LogP contribution in [-0.2, 0) is 17.2 Å². The molecule has 0 saturated carbocycles. The molecule has 1 N–H and O–H groups in total. The first-order chi connectivity index (χ1) is 16.6. The van der Waals surface area contributed by atoms with Crippen LogP contribution in [0.3, 0.4) is 0 Å². The van der Waals surface area contributed by atoms with Gasteiger partial charge < -0.3 is 14.8 Å². The van der Waals surface area contributed by atoms with E-state index in [1.165, 1.54) is 17.7 Å². The number of nitrogens with one attached hydrogen (secondary N) is 1. The molecule has 3 aromatic heterocycles. The molecule has 4 heterocycles. The Morgan fingerprint density at radius 2 is 1.97 bits per heavy atom. The van der Waals surface area contributed by atoms with Crippen molar-refractivity contribution in [3.05, 3.63) is 72.3 Å². The Morgan fingerprint density at radius 3 is 2.71 bits per heavy atom. The van der Waals surface area contributed by atoms with Gasteiger partial charge in [0.05, 0.1) is 5.69 Å². The van der Waals surface area contributed by atoms with E-state index in [1.807, 2.05) is 42.1 Å². The molecule has 0 unspecified atom stereocenters. The van der Waals surface area contributed by atoms with Gasteiger partial charge in [0.25, 0.3) is 0 Å². The molecule has 0 bridgehead atoms. The molecule has 176 valence electrons. The van der Waals surface area contributed by atoms with Gasteiger partial charge in [-0.25, -0.2) is 14.4 Å². The van der Waals surface area contributed by atoms with Crippen LogP contribution < -0.4 is 5.32 Å². The van der Waals surface area contributed by atoms with Gasteiger partial charge in [-0.05, 0) is 67.4 Å². The van der Waals surface area contributed by atoms with Gasteiger partial charge in [-0.3, -0.25) is 4.21 Å². The van der Waals surface area contributed by atoms with Crippen molar-refractivity contribution in [1.82, 2.24) is 19.4 Å². The van der Waals surface area contributed by atoms with Gasteiger partial charge in [0.15, 0.2) is 0 Å². The second kappa shape index (κ2) is 10.0. The van der Waals surface area contributed by atoms with Crippen molar-refractivity contribution >= 4 is 27.7 Å². The molecule has 0 aliphatic carbocycles. The second-order valence-corrected chi connectivity index (χ2v) is 10.2. The summed E-state index contributed by atoms with van der Waals surface area (Å²) < 4.78 is 27.6. The summed E-state index contributed by atoms with van der Waals surface area (Å²) >= 11 is 0. The van der Waals surface area contributed by atoms with E-state index in [4.69, 9.17) is 4.98 Å². The van der Waals surface area contributed by atoms with E-state index in [9.17, 15) is 8.60 Å². The normalized spacial score (nSPS) is 15.1. The van der Waals surface area contributed by atoms with E-state index in [1.54, 1.807) is 6.07 Å². The third kappa shape index (κ3) is 4.88. The smallest absolute Gasteiger partial charge is 0.145 e. The summed E-state index contributed by atoms with van der Waals surface area (Å²) in [4.78, 5) is 11.8. The first kappa shape index (κ1) is 22.7. The topological polar surface area (TPSA) is 63.1 Å². The van der Waals surface area contributed by atoms with E-state index >= 15 is 0 Å². The van der Waals surface area contributed by atoms with Crippen LogP contribution >= 0.6 is 0 Å². The Kier molecular flexibility index (Phi) is 6.69. The molecule has 1 aliphatic heterocycles. The SMILES string of the molecule is CNc1ccc(-c2ccc3c(CCCN4CCS(=O)CC4)cn(-c4cccc(F)c4)c3n2)cn1. The van der Waals surface area contributed by atoms with Gasteiger partial charge in [-0.1, -0.05) is 6.07 Å². The maximum atomic E-state index is 14.0. The summed E-state index contributed by atoms with van der Waals surface area (Å²) in [5.41, 5.74) is 4.51. The predicted octanol–water partition coefficient (Wildman–Crippen LogP) is 4.27. The van der Waals surface area contributed by atoms with Crippen LogP contribution in [0.2, 0.25) is 0 Å². The fourth-order valence-corrected chi connectivity index (χ4v) is 5.57. The van der Waals surface area contributed by atoms with Crippen LogP contribution in [0, 0.1) is 5.82 Å². The molecule has 4 aromatic rings. The average Bonchev–Trinajstić information content (AvgIpc) is 3.23. The minimum Gasteiger partial charge on any atom is -0.373 e. The lowest BCUT2D eigenvalue weighted by atomic mass is 10.1. The lowest BCUT2D eigenvalue weighted by Crippen LogP contribution is -2.38. The number of anilines is 1. The van der Waals surface area contributed by atoms with Gasteiger partial charge in [-0.2, -0.15) is 0 Å². The highest BCUT2D eigenvalue weighted by molar-refractivity contribution is 7.85. The summed E-state index contributed by atoms with van der Waals surface area (Å²) in [7, 11) is 1.19. The van der Waals surface area contributed by atoms with Crippen molar-refractivity contribution in [1.29, 1.82) is 0 Å². The van der Waals surface area contributed by atoms with E-state index in [2.05, 4.69) is 27.5 Å². The zero-order valence-corrected chi connectivity index (χ0v) is 20.0. The largest absolute Gasteiger partial charge is 0.373 e. The number of nitrogens with zero attached hydrogens (tertiary/aromatic N) is 4. The summed E-state index contributed by atoms with van der Waals surface area (Å²) in [6.45, 7) is 2.80. The van der Waals surface area contributed by atoms with Crippen LogP contribution in [0.4, 0.5) is 10.2 Å². The Morgan fingerprint density at radius 1 is 1.12 bits per heavy atom. The number of pyridine rings is 2. The van der Waals surface area contributed by atoms with Crippen LogP contribution in [0.1, 0.15) is 12.0 Å². The highest BCUT2D eigenvalue weighted by atomic mass is 32.2. The van der Waals surface area contributed by atoms with Crippen LogP contribution in [-0.4, -0.2) is 61.8 Å². The molecule has 8 heteroatoms. The molecule has 0 atom stereocenters. The molecule has 0 radical (unpaired) electrons. The number of halogens is 1. The molecule has 0 spiro atoms. The Balaban J connectivity index is 1.46. The zero-order valence-electron chi connectivity index (χ0n) is 19.2. The Hall–Kier alpha value is -3.10. The third-order valence-corrected chi connectivity index (χ3v) is 7.60. The minimum atomic E-state index is -0.653. The fourth-order valence-electron chi connectivity index (χ4n) is 4.44. The third-order valence-electron chi connectivity index (χ3n) is 6.33. The van der Waals surface area contributed by atoms with Crippen molar-refractivity contribution in [3.63, 3.8) is 0 Å². The van der Waals surface area contributed by atoms with Gasteiger partial charge in [0, 0.05) is 71.5 Å². The van der Waals surface area contributed by atoms with Gasteiger partial charge >= 0.3 is 0 Å². The molecular weight excluding hydrogens is 449 g/mol. The van der Waals surface area contributed by atoms with E-state index in [-0.39, 0.29) is 5.82 Å². The van der Waals surface area contributed by atoms with Crippen molar-refractivity contribution < 1.29 is 8.60 Å². The molecule has 1 saturated heterocycles. The fraction of sp³-hybridized carbons (Fsp3) is 0.308. The van der Waals surface area contributed by atoms with Crippen molar-refractivity contribution in [2.75, 3.05) is 43.5 Å². The maximum Gasteiger partial charge on any atom is 0.145 e. The van der Waals surface area contributed by atoms with E-state index in [0.29, 0.717) is 0 Å². The van der Waals surface area contributed by atoms with Crippen LogP contribution in [0.15, 0.2) is 60.9 Å². The Bertz CT molecular complexity index is 1310.